The summed E-state index contributed by atoms with van der Waals surface area (Å²) in [6.45, 7) is 6.38. The summed E-state index contributed by atoms with van der Waals surface area (Å²) in [5.41, 5.74) is 3.97. The van der Waals surface area contributed by atoms with E-state index in [-0.39, 0.29) is 0 Å². The SMILES string of the molecule is Cc1cncc(CN2CCNC(Cc3ccccc3)C2)c1. The van der Waals surface area contributed by atoms with Crippen LogP contribution in [0.15, 0.2) is 48.8 Å². The van der Waals surface area contributed by atoms with Gasteiger partial charge in [0.1, 0.15) is 0 Å². The van der Waals surface area contributed by atoms with E-state index in [0.717, 1.165) is 32.6 Å². The minimum absolute atomic E-state index is 0.541. The molecule has 1 atom stereocenters. The van der Waals surface area contributed by atoms with Gasteiger partial charge < -0.3 is 5.32 Å². The molecule has 0 radical (unpaired) electrons. The zero-order valence-electron chi connectivity index (χ0n) is 12.6. The Morgan fingerprint density at radius 2 is 2.05 bits per heavy atom. The second-order valence-corrected chi connectivity index (χ2v) is 5.95. The van der Waals surface area contributed by atoms with Crippen molar-refractivity contribution in [1.29, 1.82) is 0 Å². The number of nitrogens with one attached hydrogen (secondary N) is 1. The van der Waals surface area contributed by atoms with Gasteiger partial charge in [0.15, 0.2) is 0 Å². The van der Waals surface area contributed by atoms with E-state index in [2.05, 4.69) is 58.5 Å². The standard InChI is InChI=1S/C18H23N3/c1-15-9-17(12-19-11-15)13-21-8-7-20-18(14-21)10-16-5-3-2-4-6-16/h2-6,9,11-12,18,20H,7-8,10,13-14H2,1H3. The predicted octanol–water partition coefficient (Wildman–Crippen LogP) is 2.41. The summed E-state index contributed by atoms with van der Waals surface area (Å²) in [6, 6.07) is 13.5. The quantitative estimate of drug-likeness (QED) is 0.933. The van der Waals surface area contributed by atoms with Crippen molar-refractivity contribution in [2.75, 3.05) is 19.6 Å². The number of benzene rings is 1. The molecular weight excluding hydrogens is 258 g/mol. The summed E-state index contributed by atoms with van der Waals surface area (Å²) in [5.74, 6) is 0. The van der Waals surface area contributed by atoms with Crippen LogP contribution in [0.4, 0.5) is 0 Å². The number of piperazine rings is 1. The third kappa shape index (κ3) is 4.13. The van der Waals surface area contributed by atoms with Crippen molar-refractivity contribution in [1.82, 2.24) is 15.2 Å². The van der Waals surface area contributed by atoms with E-state index in [9.17, 15) is 0 Å². The lowest BCUT2D eigenvalue weighted by Crippen LogP contribution is -2.51. The van der Waals surface area contributed by atoms with Crippen LogP contribution in [0.2, 0.25) is 0 Å². The zero-order valence-corrected chi connectivity index (χ0v) is 12.6. The zero-order chi connectivity index (χ0) is 14.5. The molecule has 0 amide bonds. The molecule has 110 valence electrons. The Balaban J connectivity index is 1.58. The van der Waals surface area contributed by atoms with Crippen LogP contribution in [0.1, 0.15) is 16.7 Å². The van der Waals surface area contributed by atoms with Gasteiger partial charge in [0.05, 0.1) is 0 Å². The van der Waals surface area contributed by atoms with Gasteiger partial charge in [0.2, 0.25) is 0 Å². The Hall–Kier alpha value is -1.71. The van der Waals surface area contributed by atoms with Gasteiger partial charge in [-0.05, 0) is 30.0 Å². The average molecular weight is 281 g/mol. The maximum Gasteiger partial charge on any atom is 0.0313 e. The molecule has 2 heterocycles. The van der Waals surface area contributed by atoms with E-state index < -0.39 is 0 Å². The lowest BCUT2D eigenvalue weighted by Gasteiger charge is -2.33. The maximum absolute atomic E-state index is 4.29. The largest absolute Gasteiger partial charge is 0.311 e. The van der Waals surface area contributed by atoms with Gasteiger partial charge in [-0.1, -0.05) is 36.4 Å². The van der Waals surface area contributed by atoms with E-state index in [4.69, 9.17) is 0 Å². The number of nitrogens with zero attached hydrogens (tertiary/aromatic N) is 2. The van der Waals surface area contributed by atoms with E-state index in [0.29, 0.717) is 6.04 Å². The monoisotopic (exact) mass is 281 g/mol. The van der Waals surface area contributed by atoms with Crippen molar-refractivity contribution in [2.45, 2.75) is 25.9 Å². The van der Waals surface area contributed by atoms with Crippen molar-refractivity contribution in [3.63, 3.8) is 0 Å². The van der Waals surface area contributed by atoms with Crippen molar-refractivity contribution in [3.05, 3.63) is 65.5 Å². The summed E-state index contributed by atoms with van der Waals surface area (Å²) in [6.07, 6.45) is 5.00. The lowest BCUT2D eigenvalue weighted by atomic mass is 10.0. The lowest BCUT2D eigenvalue weighted by molar-refractivity contribution is 0.191. The number of rotatable bonds is 4. The van der Waals surface area contributed by atoms with Crippen molar-refractivity contribution >= 4 is 0 Å². The molecule has 2 aromatic rings. The van der Waals surface area contributed by atoms with Crippen LogP contribution < -0.4 is 5.32 Å². The van der Waals surface area contributed by atoms with Crippen LogP contribution in [-0.4, -0.2) is 35.6 Å². The second kappa shape index (κ2) is 6.83. The number of hydrogen-bond donors (Lipinski definition) is 1. The van der Waals surface area contributed by atoms with E-state index in [1.807, 2.05) is 12.4 Å². The fourth-order valence-corrected chi connectivity index (χ4v) is 3.04. The van der Waals surface area contributed by atoms with Crippen LogP contribution in [0.3, 0.4) is 0 Å². The van der Waals surface area contributed by atoms with E-state index in [1.165, 1.54) is 16.7 Å². The predicted molar refractivity (Wildman–Crippen MR) is 86.2 cm³/mol. The molecule has 1 unspecified atom stereocenters. The normalized spacial score (nSPS) is 19.6. The Kier molecular flexibility index (Phi) is 4.63. The second-order valence-electron chi connectivity index (χ2n) is 5.95. The molecule has 1 aliphatic heterocycles. The van der Waals surface area contributed by atoms with Crippen LogP contribution in [0, 0.1) is 6.92 Å². The molecule has 21 heavy (non-hydrogen) atoms. The third-order valence-corrected chi connectivity index (χ3v) is 4.00. The topological polar surface area (TPSA) is 28.2 Å². The molecule has 0 spiro atoms. The Morgan fingerprint density at radius 3 is 2.86 bits per heavy atom. The highest BCUT2D eigenvalue weighted by atomic mass is 15.2. The number of aryl methyl sites for hydroxylation is 1. The van der Waals surface area contributed by atoms with Gasteiger partial charge in [0.25, 0.3) is 0 Å². The molecule has 3 rings (SSSR count). The van der Waals surface area contributed by atoms with Crippen LogP contribution in [0.25, 0.3) is 0 Å². The minimum atomic E-state index is 0.541. The van der Waals surface area contributed by atoms with Crippen molar-refractivity contribution in [2.24, 2.45) is 0 Å². The fourth-order valence-electron chi connectivity index (χ4n) is 3.04. The molecule has 3 heteroatoms. The minimum Gasteiger partial charge on any atom is -0.311 e. The highest BCUT2D eigenvalue weighted by Gasteiger charge is 2.19. The van der Waals surface area contributed by atoms with Gasteiger partial charge in [-0.3, -0.25) is 9.88 Å². The third-order valence-electron chi connectivity index (χ3n) is 4.00. The first-order valence-electron chi connectivity index (χ1n) is 7.70. The summed E-state index contributed by atoms with van der Waals surface area (Å²) in [5, 5.41) is 3.64. The molecule has 1 aliphatic rings. The molecule has 1 N–H and O–H groups in total. The Bertz CT molecular complexity index is 568. The smallest absolute Gasteiger partial charge is 0.0313 e. The molecule has 1 saturated heterocycles. The van der Waals surface area contributed by atoms with Crippen molar-refractivity contribution < 1.29 is 0 Å². The highest BCUT2D eigenvalue weighted by molar-refractivity contribution is 5.18. The summed E-state index contributed by atoms with van der Waals surface area (Å²) >= 11 is 0. The van der Waals surface area contributed by atoms with Gasteiger partial charge in [-0.15, -0.1) is 0 Å². The molecule has 3 nitrogen and oxygen atoms in total. The van der Waals surface area contributed by atoms with Gasteiger partial charge in [0, 0.05) is 44.6 Å². The molecule has 0 aliphatic carbocycles. The Labute approximate surface area is 127 Å². The van der Waals surface area contributed by atoms with Crippen molar-refractivity contribution in [3.8, 4) is 0 Å². The molecule has 1 aromatic carbocycles. The van der Waals surface area contributed by atoms with E-state index in [1.54, 1.807) is 0 Å². The van der Waals surface area contributed by atoms with Crippen LogP contribution in [0.5, 0.6) is 0 Å². The van der Waals surface area contributed by atoms with E-state index >= 15 is 0 Å². The first kappa shape index (κ1) is 14.2. The van der Waals surface area contributed by atoms with Gasteiger partial charge >= 0.3 is 0 Å². The summed E-state index contributed by atoms with van der Waals surface area (Å²) in [4.78, 5) is 6.82. The average Bonchev–Trinajstić information content (AvgIpc) is 2.49. The maximum atomic E-state index is 4.29. The molecule has 0 bridgehead atoms. The molecule has 1 fully saturated rings. The van der Waals surface area contributed by atoms with Crippen LogP contribution >= 0.6 is 0 Å². The molecule has 1 aromatic heterocycles. The number of aromatic nitrogens is 1. The summed E-state index contributed by atoms with van der Waals surface area (Å²) in [7, 11) is 0. The first-order chi connectivity index (χ1) is 10.3. The number of pyridine rings is 1. The fraction of sp³-hybridized carbons (Fsp3) is 0.389. The number of hydrogen-bond acceptors (Lipinski definition) is 3. The van der Waals surface area contributed by atoms with Gasteiger partial charge in [-0.25, -0.2) is 0 Å². The first-order valence-corrected chi connectivity index (χ1v) is 7.70. The molecular formula is C18H23N3. The highest BCUT2D eigenvalue weighted by Crippen LogP contribution is 2.11. The Morgan fingerprint density at radius 1 is 1.19 bits per heavy atom. The van der Waals surface area contributed by atoms with Gasteiger partial charge in [-0.2, -0.15) is 0 Å². The molecule has 0 saturated carbocycles. The summed E-state index contributed by atoms with van der Waals surface area (Å²) < 4.78 is 0. The van der Waals surface area contributed by atoms with Crippen LogP contribution in [-0.2, 0) is 13.0 Å².